The van der Waals surface area contributed by atoms with Gasteiger partial charge >= 0.3 is 0 Å². The molecule has 0 saturated carbocycles. The number of hydrogen-bond acceptors (Lipinski definition) is 5. The number of fused-ring (bicyclic) bond motifs is 1. The molecule has 0 spiro atoms. The van der Waals surface area contributed by atoms with Gasteiger partial charge in [0.2, 0.25) is 0 Å². The summed E-state index contributed by atoms with van der Waals surface area (Å²) in [6.45, 7) is 8.23. The Morgan fingerprint density at radius 1 is 1.37 bits per heavy atom. The monoisotopic (exact) mass is 263 g/mol. The first kappa shape index (κ1) is 13.7. The molecule has 0 radical (unpaired) electrons. The van der Waals surface area contributed by atoms with Gasteiger partial charge in [-0.2, -0.15) is 5.10 Å². The van der Waals surface area contributed by atoms with Crippen LogP contribution in [0.2, 0.25) is 0 Å². The van der Waals surface area contributed by atoms with Crippen LogP contribution in [0.1, 0.15) is 26.6 Å². The molecule has 2 aromatic rings. The molecule has 0 unspecified atom stereocenters. The van der Waals surface area contributed by atoms with Crippen LogP contribution in [0.25, 0.3) is 11.0 Å². The fourth-order valence-corrected chi connectivity index (χ4v) is 1.82. The SMILES string of the molecule is CCNc1nc(COCC(C)C)nc2c1cnn2C. The van der Waals surface area contributed by atoms with Gasteiger partial charge in [0.25, 0.3) is 0 Å². The highest BCUT2D eigenvalue weighted by Gasteiger charge is 2.11. The van der Waals surface area contributed by atoms with Gasteiger partial charge in [0.05, 0.1) is 11.6 Å². The number of aromatic nitrogens is 4. The molecular formula is C13H21N5O. The molecule has 0 amide bonds. The number of rotatable bonds is 6. The average molecular weight is 263 g/mol. The number of ether oxygens (including phenoxy) is 1. The van der Waals surface area contributed by atoms with E-state index in [-0.39, 0.29) is 0 Å². The molecule has 6 heteroatoms. The van der Waals surface area contributed by atoms with Gasteiger partial charge in [0.1, 0.15) is 12.4 Å². The van der Waals surface area contributed by atoms with Gasteiger partial charge < -0.3 is 10.1 Å². The van der Waals surface area contributed by atoms with Crippen LogP contribution < -0.4 is 5.32 Å². The molecule has 104 valence electrons. The first-order chi connectivity index (χ1) is 9.11. The van der Waals surface area contributed by atoms with Crippen molar-refractivity contribution in [3.63, 3.8) is 0 Å². The molecule has 6 nitrogen and oxygen atoms in total. The predicted molar refractivity (Wildman–Crippen MR) is 75.0 cm³/mol. The van der Waals surface area contributed by atoms with Crippen molar-refractivity contribution in [3.05, 3.63) is 12.0 Å². The lowest BCUT2D eigenvalue weighted by Gasteiger charge is -2.09. The average Bonchev–Trinajstić information content (AvgIpc) is 2.72. The van der Waals surface area contributed by atoms with E-state index in [0.717, 1.165) is 23.4 Å². The quantitative estimate of drug-likeness (QED) is 0.863. The van der Waals surface area contributed by atoms with Crippen LogP contribution in [-0.4, -0.2) is 32.9 Å². The van der Waals surface area contributed by atoms with Gasteiger partial charge in [0.15, 0.2) is 11.5 Å². The van der Waals surface area contributed by atoms with E-state index in [9.17, 15) is 0 Å². The Morgan fingerprint density at radius 3 is 2.84 bits per heavy atom. The van der Waals surface area contributed by atoms with Crippen molar-refractivity contribution in [2.24, 2.45) is 13.0 Å². The Labute approximate surface area is 113 Å². The second kappa shape index (κ2) is 5.97. The van der Waals surface area contributed by atoms with Gasteiger partial charge in [-0.05, 0) is 12.8 Å². The predicted octanol–water partition coefficient (Wildman–Crippen LogP) is 1.97. The standard InChI is InChI=1S/C13H21N5O/c1-5-14-12-10-6-15-18(4)13(10)17-11(16-12)8-19-7-9(2)3/h6,9H,5,7-8H2,1-4H3,(H,14,16,17). The number of nitrogens with one attached hydrogen (secondary N) is 1. The van der Waals surface area contributed by atoms with Crippen LogP contribution in [0.15, 0.2) is 6.20 Å². The highest BCUT2D eigenvalue weighted by atomic mass is 16.5. The molecule has 0 atom stereocenters. The summed E-state index contributed by atoms with van der Waals surface area (Å²) in [5.41, 5.74) is 0.828. The molecule has 2 aromatic heterocycles. The lowest BCUT2D eigenvalue weighted by molar-refractivity contribution is 0.0925. The van der Waals surface area contributed by atoms with Crippen molar-refractivity contribution in [2.75, 3.05) is 18.5 Å². The molecule has 0 aromatic carbocycles. The number of anilines is 1. The lowest BCUT2D eigenvalue weighted by Crippen LogP contribution is -2.08. The Balaban J connectivity index is 2.26. The van der Waals surface area contributed by atoms with Crippen LogP contribution >= 0.6 is 0 Å². The summed E-state index contributed by atoms with van der Waals surface area (Å²) in [5, 5.41) is 8.41. The van der Waals surface area contributed by atoms with Gasteiger partial charge in [-0.25, -0.2) is 9.97 Å². The molecule has 2 rings (SSSR count). The summed E-state index contributed by atoms with van der Waals surface area (Å²) in [6.07, 6.45) is 1.78. The molecule has 0 saturated heterocycles. The fourth-order valence-electron chi connectivity index (χ4n) is 1.82. The Kier molecular flexibility index (Phi) is 4.31. The van der Waals surface area contributed by atoms with Gasteiger partial charge in [-0.1, -0.05) is 13.8 Å². The molecule has 0 aliphatic carbocycles. The summed E-state index contributed by atoms with van der Waals surface area (Å²) < 4.78 is 7.35. The molecule has 0 fully saturated rings. The van der Waals surface area contributed by atoms with Crippen LogP contribution in [0.4, 0.5) is 5.82 Å². The summed E-state index contributed by atoms with van der Waals surface area (Å²) >= 11 is 0. The van der Waals surface area contributed by atoms with Gasteiger partial charge in [-0.3, -0.25) is 4.68 Å². The molecular weight excluding hydrogens is 242 g/mol. The maximum Gasteiger partial charge on any atom is 0.163 e. The minimum atomic E-state index is 0.428. The van der Waals surface area contributed by atoms with Crippen molar-refractivity contribution < 1.29 is 4.74 Å². The van der Waals surface area contributed by atoms with Gasteiger partial charge in [-0.15, -0.1) is 0 Å². The number of hydrogen-bond donors (Lipinski definition) is 1. The van der Waals surface area contributed by atoms with Crippen LogP contribution in [0.5, 0.6) is 0 Å². The third-order valence-corrected chi connectivity index (χ3v) is 2.66. The normalized spacial score (nSPS) is 11.4. The van der Waals surface area contributed by atoms with Crippen molar-refractivity contribution in [1.82, 2.24) is 19.7 Å². The van der Waals surface area contributed by atoms with E-state index in [1.807, 2.05) is 14.0 Å². The molecule has 1 N–H and O–H groups in total. The van der Waals surface area contributed by atoms with Crippen LogP contribution in [-0.2, 0) is 18.4 Å². The molecule has 0 bridgehead atoms. The molecule has 2 heterocycles. The highest BCUT2D eigenvalue weighted by Crippen LogP contribution is 2.19. The van der Waals surface area contributed by atoms with Crippen molar-refractivity contribution in [2.45, 2.75) is 27.4 Å². The smallest absolute Gasteiger partial charge is 0.163 e. The van der Waals surface area contributed by atoms with Crippen LogP contribution in [0.3, 0.4) is 0 Å². The molecule has 19 heavy (non-hydrogen) atoms. The van der Waals surface area contributed by atoms with E-state index in [1.165, 1.54) is 0 Å². The van der Waals surface area contributed by atoms with E-state index in [4.69, 9.17) is 4.74 Å². The Morgan fingerprint density at radius 2 is 2.16 bits per heavy atom. The van der Waals surface area contributed by atoms with Crippen molar-refractivity contribution in [1.29, 1.82) is 0 Å². The number of aryl methyl sites for hydroxylation is 1. The maximum absolute atomic E-state index is 5.60. The maximum atomic E-state index is 5.60. The first-order valence-corrected chi connectivity index (χ1v) is 6.62. The summed E-state index contributed by atoms with van der Waals surface area (Å²) in [6, 6.07) is 0. The fraction of sp³-hybridized carbons (Fsp3) is 0.615. The highest BCUT2D eigenvalue weighted by molar-refractivity contribution is 5.86. The Hall–Kier alpha value is -1.69. The zero-order valence-electron chi connectivity index (χ0n) is 12.0. The van der Waals surface area contributed by atoms with Crippen molar-refractivity contribution in [3.8, 4) is 0 Å². The molecule has 0 aliphatic rings. The van der Waals surface area contributed by atoms with E-state index in [0.29, 0.717) is 25.0 Å². The van der Waals surface area contributed by atoms with Crippen molar-refractivity contribution >= 4 is 16.9 Å². The lowest BCUT2D eigenvalue weighted by atomic mass is 10.2. The molecule has 0 aliphatic heterocycles. The first-order valence-electron chi connectivity index (χ1n) is 6.62. The summed E-state index contributed by atoms with van der Waals surface area (Å²) in [4.78, 5) is 9.00. The largest absolute Gasteiger partial charge is 0.373 e. The van der Waals surface area contributed by atoms with Gasteiger partial charge in [0, 0.05) is 20.2 Å². The number of nitrogens with zero attached hydrogens (tertiary/aromatic N) is 4. The van der Waals surface area contributed by atoms with Crippen LogP contribution in [0, 0.1) is 5.92 Å². The second-order valence-corrected chi connectivity index (χ2v) is 4.93. The van der Waals surface area contributed by atoms with E-state index < -0.39 is 0 Å². The zero-order valence-corrected chi connectivity index (χ0v) is 12.0. The third kappa shape index (κ3) is 3.20. The minimum Gasteiger partial charge on any atom is -0.373 e. The summed E-state index contributed by atoms with van der Waals surface area (Å²) in [7, 11) is 1.88. The Bertz CT molecular complexity index is 549. The summed E-state index contributed by atoms with van der Waals surface area (Å²) in [5.74, 6) is 2.02. The third-order valence-electron chi connectivity index (χ3n) is 2.66. The zero-order chi connectivity index (χ0) is 13.8. The van der Waals surface area contributed by atoms with E-state index in [2.05, 4.69) is 34.2 Å². The van der Waals surface area contributed by atoms with E-state index >= 15 is 0 Å². The van der Waals surface area contributed by atoms with E-state index in [1.54, 1.807) is 10.9 Å². The topological polar surface area (TPSA) is 64.9 Å². The minimum absolute atomic E-state index is 0.428. The second-order valence-electron chi connectivity index (χ2n) is 4.93.